The second-order valence-corrected chi connectivity index (χ2v) is 5.52. The van der Waals surface area contributed by atoms with Gasteiger partial charge in [0.05, 0.1) is 0 Å². The van der Waals surface area contributed by atoms with Crippen molar-refractivity contribution in [1.29, 1.82) is 0 Å². The van der Waals surface area contributed by atoms with Crippen LogP contribution in [0.5, 0.6) is 0 Å². The first-order valence-electron chi connectivity index (χ1n) is 7.28. The van der Waals surface area contributed by atoms with Crippen molar-refractivity contribution < 1.29 is 14.7 Å². The lowest BCUT2D eigenvalue weighted by Gasteiger charge is -2.13. The highest BCUT2D eigenvalue weighted by atomic mass is 16.4. The number of H-pyrrole nitrogens is 2. The van der Waals surface area contributed by atoms with E-state index in [9.17, 15) is 14.7 Å². The molecule has 1 atom stereocenters. The molecule has 6 nitrogen and oxygen atoms in total. The molecule has 0 bridgehead atoms. The SMILES string of the molecule is Cc1c[nH]c(C(=O)NC(Cc2c[nH]c3ccccc23)C(=O)O)c1. The number of carboxylic acids is 1. The van der Waals surface area contributed by atoms with Gasteiger partial charge < -0.3 is 20.4 Å². The number of aryl methyl sites for hydroxylation is 1. The molecule has 118 valence electrons. The minimum Gasteiger partial charge on any atom is -0.480 e. The van der Waals surface area contributed by atoms with Crippen molar-refractivity contribution in [3.8, 4) is 0 Å². The van der Waals surface area contributed by atoms with E-state index in [-0.39, 0.29) is 6.42 Å². The quantitative estimate of drug-likeness (QED) is 0.581. The fourth-order valence-electron chi connectivity index (χ4n) is 2.59. The summed E-state index contributed by atoms with van der Waals surface area (Å²) in [7, 11) is 0. The second-order valence-electron chi connectivity index (χ2n) is 5.52. The third-order valence-corrected chi connectivity index (χ3v) is 3.77. The molecule has 23 heavy (non-hydrogen) atoms. The Morgan fingerprint density at radius 2 is 2.00 bits per heavy atom. The van der Waals surface area contributed by atoms with Crippen molar-refractivity contribution >= 4 is 22.8 Å². The average Bonchev–Trinajstić information content (AvgIpc) is 3.13. The van der Waals surface area contributed by atoms with Crippen molar-refractivity contribution in [1.82, 2.24) is 15.3 Å². The summed E-state index contributed by atoms with van der Waals surface area (Å²) in [6.45, 7) is 1.86. The number of amides is 1. The molecule has 6 heteroatoms. The number of para-hydroxylation sites is 1. The molecule has 1 amide bonds. The molecule has 2 aromatic heterocycles. The number of hydrogen-bond donors (Lipinski definition) is 4. The van der Waals surface area contributed by atoms with Crippen molar-refractivity contribution in [2.45, 2.75) is 19.4 Å². The van der Waals surface area contributed by atoms with Crippen LogP contribution in [-0.2, 0) is 11.2 Å². The van der Waals surface area contributed by atoms with E-state index in [1.54, 1.807) is 18.5 Å². The summed E-state index contributed by atoms with van der Waals surface area (Å²) in [5, 5.41) is 12.9. The van der Waals surface area contributed by atoms with Gasteiger partial charge in [0.15, 0.2) is 0 Å². The summed E-state index contributed by atoms with van der Waals surface area (Å²) < 4.78 is 0. The van der Waals surface area contributed by atoms with Crippen LogP contribution in [0, 0.1) is 6.92 Å². The van der Waals surface area contributed by atoms with Gasteiger partial charge in [0.2, 0.25) is 0 Å². The zero-order valence-corrected chi connectivity index (χ0v) is 12.6. The number of rotatable bonds is 5. The molecule has 0 aliphatic carbocycles. The molecule has 0 aliphatic heterocycles. The molecular weight excluding hydrogens is 294 g/mol. The van der Waals surface area contributed by atoms with Gasteiger partial charge in [-0.2, -0.15) is 0 Å². The zero-order chi connectivity index (χ0) is 16.4. The van der Waals surface area contributed by atoms with Gasteiger partial charge in [-0.3, -0.25) is 4.79 Å². The fraction of sp³-hybridized carbons (Fsp3) is 0.176. The highest BCUT2D eigenvalue weighted by Gasteiger charge is 2.23. The van der Waals surface area contributed by atoms with Crippen LogP contribution in [0.15, 0.2) is 42.7 Å². The molecule has 0 aliphatic rings. The molecule has 0 radical (unpaired) electrons. The predicted octanol–water partition coefficient (Wildman–Crippen LogP) is 2.23. The summed E-state index contributed by atoms with van der Waals surface area (Å²) in [5.74, 6) is -1.49. The van der Waals surface area contributed by atoms with Crippen LogP contribution in [0.1, 0.15) is 21.6 Å². The summed E-state index contributed by atoms with van der Waals surface area (Å²) in [5.41, 5.74) is 3.07. The van der Waals surface area contributed by atoms with Gasteiger partial charge in [0.25, 0.3) is 5.91 Å². The Morgan fingerprint density at radius 3 is 2.70 bits per heavy atom. The number of aromatic nitrogens is 2. The Bertz CT molecular complexity index is 863. The van der Waals surface area contributed by atoms with Crippen LogP contribution in [0.3, 0.4) is 0 Å². The van der Waals surface area contributed by atoms with Crippen LogP contribution >= 0.6 is 0 Å². The van der Waals surface area contributed by atoms with E-state index >= 15 is 0 Å². The molecule has 0 fully saturated rings. The van der Waals surface area contributed by atoms with E-state index in [1.807, 2.05) is 31.2 Å². The van der Waals surface area contributed by atoms with E-state index in [2.05, 4.69) is 15.3 Å². The first-order valence-corrected chi connectivity index (χ1v) is 7.28. The van der Waals surface area contributed by atoms with E-state index in [0.29, 0.717) is 5.69 Å². The lowest BCUT2D eigenvalue weighted by Crippen LogP contribution is -2.42. The number of carbonyl (C=O) groups is 2. The van der Waals surface area contributed by atoms with Crippen molar-refractivity contribution in [3.05, 3.63) is 59.5 Å². The summed E-state index contributed by atoms with van der Waals surface area (Å²) >= 11 is 0. The fourth-order valence-corrected chi connectivity index (χ4v) is 2.59. The van der Waals surface area contributed by atoms with E-state index in [0.717, 1.165) is 22.0 Å². The Labute approximate surface area is 132 Å². The van der Waals surface area contributed by atoms with Gasteiger partial charge in [-0.1, -0.05) is 18.2 Å². The number of nitrogens with one attached hydrogen (secondary N) is 3. The van der Waals surface area contributed by atoms with Gasteiger partial charge in [-0.15, -0.1) is 0 Å². The number of aliphatic carboxylic acids is 1. The van der Waals surface area contributed by atoms with Crippen molar-refractivity contribution in [3.63, 3.8) is 0 Å². The maximum Gasteiger partial charge on any atom is 0.326 e. The molecule has 3 rings (SSSR count). The number of fused-ring (bicyclic) bond motifs is 1. The smallest absolute Gasteiger partial charge is 0.326 e. The van der Waals surface area contributed by atoms with E-state index in [1.165, 1.54) is 0 Å². The van der Waals surface area contributed by atoms with Crippen LogP contribution in [0.25, 0.3) is 10.9 Å². The monoisotopic (exact) mass is 311 g/mol. The molecule has 1 aromatic carbocycles. The number of benzene rings is 1. The predicted molar refractivity (Wildman–Crippen MR) is 86.4 cm³/mol. The third kappa shape index (κ3) is 3.11. The summed E-state index contributed by atoms with van der Waals surface area (Å²) in [6.07, 6.45) is 3.70. The maximum absolute atomic E-state index is 12.2. The maximum atomic E-state index is 12.2. The van der Waals surface area contributed by atoms with Crippen molar-refractivity contribution in [2.75, 3.05) is 0 Å². The third-order valence-electron chi connectivity index (χ3n) is 3.77. The number of carbonyl (C=O) groups excluding carboxylic acids is 1. The first kappa shape index (κ1) is 14.9. The van der Waals surface area contributed by atoms with Crippen LogP contribution in [0.2, 0.25) is 0 Å². The van der Waals surface area contributed by atoms with Gasteiger partial charge >= 0.3 is 5.97 Å². The topological polar surface area (TPSA) is 98.0 Å². The van der Waals surface area contributed by atoms with E-state index < -0.39 is 17.9 Å². The molecule has 1 unspecified atom stereocenters. The Kier molecular flexibility index (Phi) is 3.89. The van der Waals surface area contributed by atoms with Gasteiger partial charge in [-0.25, -0.2) is 4.79 Å². The number of carboxylic acid groups (broad SMARTS) is 1. The van der Waals surface area contributed by atoms with Crippen molar-refractivity contribution in [2.24, 2.45) is 0 Å². The highest BCUT2D eigenvalue weighted by Crippen LogP contribution is 2.19. The minimum atomic E-state index is -1.06. The average molecular weight is 311 g/mol. The largest absolute Gasteiger partial charge is 0.480 e. The molecule has 0 saturated heterocycles. The van der Waals surface area contributed by atoms with Crippen LogP contribution < -0.4 is 5.32 Å². The molecule has 0 spiro atoms. The Morgan fingerprint density at radius 1 is 1.22 bits per heavy atom. The minimum absolute atomic E-state index is 0.213. The lowest BCUT2D eigenvalue weighted by atomic mass is 10.0. The normalized spacial score (nSPS) is 12.2. The number of aromatic amines is 2. The molecule has 3 aromatic rings. The van der Waals surface area contributed by atoms with Crippen LogP contribution in [0.4, 0.5) is 0 Å². The molecular formula is C17H17N3O3. The second kappa shape index (κ2) is 6.00. The van der Waals surface area contributed by atoms with Gasteiger partial charge in [0.1, 0.15) is 11.7 Å². The molecule has 4 N–H and O–H groups in total. The van der Waals surface area contributed by atoms with Gasteiger partial charge in [0, 0.05) is 29.7 Å². The summed E-state index contributed by atoms with van der Waals surface area (Å²) in [4.78, 5) is 29.6. The highest BCUT2D eigenvalue weighted by molar-refractivity contribution is 5.95. The standard InChI is InChI=1S/C17H17N3O3/c1-10-6-14(18-8-10)16(21)20-15(17(22)23)7-11-9-19-13-5-3-2-4-12(11)13/h2-6,8-9,15,18-19H,7H2,1H3,(H,20,21)(H,22,23). The lowest BCUT2D eigenvalue weighted by molar-refractivity contribution is -0.139. The number of hydrogen-bond acceptors (Lipinski definition) is 2. The zero-order valence-electron chi connectivity index (χ0n) is 12.6. The molecule has 0 saturated carbocycles. The molecule has 2 heterocycles. The summed E-state index contributed by atoms with van der Waals surface area (Å²) in [6, 6.07) is 8.35. The Hall–Kier alpha value is -3.02. The van der Waals surface area contributed by atoms with E-state index in [4.69, 9.17) is 0 Å². The van der Waals surface area contributed by atoms with Crippen LogP contribution in [-0.4, -0.2) is 33.0 Å². The Balaban J connectivity index is 1.79. The first-order chi connectivity index (χ1) is 11.0. The van der Waals surface area contributed by atoms with Gasteiger partial charge in [-0.05, 0) is 30.2 Å².